The lowest BCUT2D eigenvalue weighted by Crippen LogP contribution is -2.48. The fourth-order valence-corrected chi connectivity index (χ4v) is 2.85. The first-order chi connectivity index (χ1) is 9.63. The number of furan rings is 1. The lowest BCUT2D eigenvalue weighted by atomic mass is 9.96. The highest BCUT2D eigenvalue weighted by Crippen LogP contribution is 2.23. The first kappa shape index (κ1) is 15.1. The molecule has 1 aromatic rings. The molecular formula is C15H24N2O3. The average molecular weight is 280 g/mol. The van der Waals surface area contributed by atoms with Crippen LogP contribution in [0.15, 0.2) is 16.7 Å². The second-order valence-corrected chi connectivity index (χ2v) is 5.37. The molecule has 0 aromatic carbocycles. The molecule has 1 aliphatic heterocycles. The number of hydrogen-bond donors (Lipinski definition) is 1. The molecule has 2 rings (SSSR count). The van der Waals surface area contributed by atoms with Crippen LogP contribution in [0.3, 0.4) is 0 Å². The van der Waals surface area contributed by atoms with Gasteiger partial charge in [-0.3, -0.25) is 4.90 Å². The topological polar surface area (TPSA) is 68.7 Å². The number of esters is 1. The van der Waals surface area contributed by atoms with Crippen molar-refractivity contribution in [3.8, 4) is 0 Å². The Hall–Kier alpha value is -1.33. The van der Waals surface area contributed by atoms with Crippen LogP contribution in [0.5, 0.6) is 0 Å². The van der Waals surface area contributed by atoms with Gasteiger partial charge < -0.3 is 14.9 Å². The molecule has 5 nitrogen and oxygen atoms in total. The van der Waals surface area contributed by atoms with Gasteiger partial charge in [0.05, 0.1) is 19.4 Å². The van der Waals surface area contributed by atoms with Gasteiger partial charge in [-0.15, -0.1) is 0 Å². The van der Waals surface area contributed by atoms with Crippen molar-refractivity contribution < 1.29 is 13.9 Å². The predicted octanol–water partition coefficient (Wildman–Crippen LogP) is 2.16. The zero-order valence-corrected chi connectivity index (χ0v) is 12.3. The van der Waals surface area contributed by atoms with Crippen LogP contribution in [0, 0.1) is 0 Å². The smallest absolute Gasteiger partial charge is 0.341 e. The van der Waals surface area contributed by atoms with Gasteiger partial charge in [0.2, 0.25) is 0 Å². The zero-order valence-electron chi connectivity index (χ0n) is 12.3. The molecule has 0 bridgehead atoms. The number of piperidine rings is 1. The van der Waals surface area contributed by atoms with Crippen molar-refractivity contribution >= 4 is 5.97 Å². The maximum Gasteiger partial charge on any atom is 0.341 e. The number of nitrogens with two attached hydrogens (primary N) is 1. The number of ether oxygens (including phenoxy) is 1. The van der Waals surface area contributed by atoms with E-state index >= 15 is 0 Å². The minimum absolute atomic E-state index is 0.122. The molecule has 0 radical (unpaired) electrons. The Morgan fingerprint density at radius 1 is 1.60 bits per heavy atom. The maximum atomic E-state index is 11.9. The summed E-state index contributed by atoms with van der Waals surface area (Å²) in [6.45, 7) is 5.82. The van der Waals surface area contributed by atoms with Crippen LogP contribution >= 0.6 is 0 Å². The lowest BCUT2D eigenvalue weighted by molar-refractivity contribution is 0.0518. The van der Waals surface area contributed by atoms with Crippen LogP contribution < -0.4 is 5.73 Å². The van der Waals surface area contributed by atoms with Crippen molar-refractivity contribution in [2.45, 2.75) is 51.7 Å². The molecule has 1 aliphatic rings. The Bertz CT molecular complexity index is 442. The normalized spacial score (nSPS) is 21.6. The molecule has 0 amide bonds. The van der Waals surface area contributed by atoms with Crippen LogP contribution in [0.25, 0.3) is 0 Å². The quantitative estimate of drug-likeness (QED) is 0.837. The van der Waals surface area contributed by atoms with E-state index in [1.807, 2.05) is 6.92 Å². The summed E-state index contributed by atoms with van der Waals surface area (Å²) in [6, 6.07) is 2.15. The van der Waals surface area contributed by atoms with E-state index in [1.165, 1.54) is 12.8 Å². The van der Waals surface area contributed by atoms with Gasteiger partial charge in [0.25, 0.3) is 0 Å². The Morgan fingerprint density at radius 2 is 2.40 bits per heavy atom. The van der Waals surface area contributed by atoms with E-state index in [9.17, 15) is 4.79 Å². The summed E-state index contributed by atoms with van der Waals surface area (Å²) in [5.41, 5.74) is 6.60. The zero-order chi connectivity index (χ0) is 14.5. The summed E-state index contributed by atoms with van der Waals surface area (Å²) < 4.78 is 10.5. The molecule has 0 aliphatic carbocycles. The van der Waals surface area contributed by atoms with E-state index in [0.29, 0.717) is 30.5 Å². The number of nitrogens with zero attached hydrogens (tertiary/aromatic N) is 1. The molecule has 0 saturated carbocycles. The molecular weight excluding hydrogens is 256 g/mol. The molecule has 5 heteroatoms. The molecule has 2 unspecified atom stereocenters. The molecule has 1 saturated heterocycles. The number of rotatable bonds is 5. The Labute approximate surface area is 120 Å². The monoisotopic (exact) mass is 280 g/mol. The van der Waals surface area contributed by atoms with Crippen LogP contribution in [-0.4, -0.2) is 36.1 Å². The minimum atomic E-state index is -0.314. The summed E-state index contributed by atoms with van der Waals surface area (Å²) in [5, 5.41) is 0. The molecule has 20 heavy (non-hydrogen) atoms. The van der Waals surface area contributed by atoms with Crippen LogP contribution in [0.2, 0.25) is 0 Å². The third kappa shape index (κ3) is 3.41. The Kier molecular flexibility index (Phi) is 5.20. The molecule has 112 valence electrons. The van der Waals surface area contributed by atoms with Crippen LogP contribution in [-0.2, 0) is 11.3 Å². The van der Waals surface area contributed by atoms with E-state index in [0.717, 1.165) is 13.0 Å². The van der Waals surface area contributed by atoms with Gasteiger partial charge in [0, 0.05) is 12.1 Å². The SMILES string of the molecule is CCOC(=O)c1ccoc1CN1CCCCC1C(C)N. The third-order valence-electron chi connectivity index (χ3n) is 3.86. The highest BCUT2D eigenvalue weighted by atomic mass is 16.5. The summed E-state index contributed by atoms with van der Waals surface area (Å²) in [5.74, 6) is 0.363. The first-order valence-electron chi connectivity index (χ1n) is 7.36. The second-order valence-electron chi connectivity index (χ2n) is 5.37. The minimum Gasteiger partial charge on any atom is -0.467 e. The van der Waals surface area contributed by atoms with Crippen molar-refractivity contribution in [3.63, 3.8) is 0 Å². The summed E-state index contributed by atoms with van der Waals surface area (Å²) in [7, 11) is 0. The van der Waals surface area contributed by atoms with Crippen LogP contribution in [0.1, 0.15) is 49.2 Å². The first-order valence-corrected chi connectivity index (χ1v) is 7.36. The van der Waals surface area contributed by atoms with E-state index in [2.05, 4.69) is 4.90 Å². The number of hydrogen-bond acceptors (Lipinski definition) is 5. The number of carbonyl (C=O) groups excluding carboxylic acids is 1. The van der Waals surface area contributed by atoms with Crippen molar-refractivity contribution in [2.75, 3.05) is 13.2 Å². The largest absolute Gasteiger partial charge is 0.467 e. The van der Waals surface area contributed by atoms with E-state index in [1.54, 1.807) is 19.3 Å². The average Bonchev–Trinajstić information content (AvgIpc) is 2.87. The standard InChI is InChI=1S/C15H24N2O3/c1-3-19-15(18)12-7-9-20-14(12)10-17-8-5-4-6-13(17)11(2)16/h7,9,11,13H,3-6,8,10,16H2,1-2H3. The molecule has 0 spiro atoms. The summed E-state index contributed by atoms with van der Waals surface area (Å²) >= 11 is 0. The van der Waals surface area contributed by atoms with Crippen molar-refractivity contribution in [3.05, 3.63) is 23.7 Å². The summed E-state index contributed by atoms with van der Waals surface area (Å²) in [4.78, 5) is 14.2. The van der Waals surface area contributed by atoms with E-state index in [4.69, 9.17) is 14.9 Å². The van der Waals surface area contributed by atoms with Gasteiger partial charge in [0.15, 0.2) is 0 Å². The highest BCUT2D eigenvalue weighted by Gasteiger charge is 2.27. The second kappa shape index (κ2) is 6.90. The molecule has 2 atom stereocenters. The van der Waals surface area contributed by atoms with Crippen molar-refractivity contribution in [1.82, 2.24) is 4.90 Å². The van der Waals surface area contributed by atoms with Gasteiger partial charge in [-0.1, -0.05) is 6.42 Å². The summed E-state index contributed by atoms with van der Waals surface area (Å²) in [6.07, 6.45) is 5.03. The molecule has 2 N–H and O–H groups in total. The van der Waals surface area contributed by atoms with Crippen LogP contribution in [0.4, 0.5) is 0 Å². The number of carbonyl (C=O) groups is 1. The fraction of sp³-hybridized carbons (Fsp3) is 0.667. The fourth-order valence-electron chi connectivity index (χ4n) is 2.85. The third-order valence-corrected chi connectivity index (χ3v) is 3.86. The van der Waals surface area contributed by atoms with E-state index in [-0.39, 0.29) is 12.0 Å². The van der Waals surface area contributed by atoms with E-state index < -0.39 is 0 Å². The van der Waals surface area contributed by atoms with Gasteiger partial charge in [-0.2, -0.15) is 0 Å². The Morgan fingerprint density at radius 3 is 3.10 bits per heavy atom. The van der Waals surface area contributed by atoms with Gasteiger partial charge >= 0.3 is 5.97 Å². The highest BCUT2D eigenvalue weighted by molar-refractivity contribution is 5.90. The van der Waals surface area contributed by atoms with Gasteiger partial charge in [-0.05, 0) is 39.3 Å². The number of likely N-dealkylation sites (tertiary alicyclic amines) is 1. The molecule has 2 heterocycles. The molecule has 1 aromatic heterocycles. The molecule has 1 fully saturated rings. The van der Waals surface area contributed by atoms with Crippen molar-refractivity contribution in [1.29, 1.82) is 0 Å². The lowest BCUT2D eigenvalue weighted by Gasteiger charge is -2.37. The van der Waals surface area contributed by atoms with Gasteiger partial charge in [-0.25, -0.2) is 4.79 Å². The maximum absolute atomic E-state index is 11.9. The Balaban J connectivity index is 2.09. The van der Waals surface area contributed by atoms with Gasteiger partial charge in [0.1, 0.15) is 11.3 Å². The predicted molar refractivity (Wildman–Crippen MR) is 76.4 cm³/mol. The van der Waals surface area contributed by atoms with Crippen molar-refractivity contribution in [2.24, 2.45) is 5.73 Å².